The normalized spacial score (nSPS) is 12.4. The Kier molecular flexibility index (Phi) is 4.49. The molecule has 1 aromatic carbocycles. The number of hydrogen-bond donors (Lipinski definition) is 2. The Balaban J connectivity index is 1.70. The van der Waals surface area contributed by atoms with Crippen LogP contribution in [0.2, 0.25) is 10.0 Å². The number of aromatic nitrogens is 4. The number of aromatic amines is 2. The fourth-order valence-corrected chi connectivity index (χ4v) is 4.58. The van der Waals surface area contributed by atoms with Crippen molar-refractivity contribution >= 4 is 69.6 Å². The van der Waals surface area contributed by atoms with Gasteiger partial charge in [-0.05, 0) is 78.9 Å². The van der Waals surface area contributed by atoms with Crippen LogP contribution in [-0.4, -0.2) is 19.9 Å². The van der Waals surface area contributed by atoms with E-state index in [-0.39, 0.29) is 0 Å². The van der Waals surface area contributed by atoms with Crippen molar-refractivity contribution in [1.29, 1.82) is 0 Å². The lowest BCUT2D eigenvalue weighted by Crippen LogP contribution is -1.81. The average Bonchev–Trinajstić information content (AvgIpc) is 3.54. The molecule has 154 valence electrons. The summed E-state index contributed by atoms with van der Waals surface area (Å²) in [6.07, 6.45) is 7.99. The maximum atomic E-state index is 6.54. The van der Waals surface area contributed by atoms with Gasteiger partial charge in [0.15, 0.2) is 0 Å². The average molecular weight is 455 g/mol. The summed E-state index contributed by atoms with van der Waals surface area (Å²) in [6.45, 7) is 0. The summed E-state index contributed by atoms with van der Waals surface area (Å²) in [4.78, 5) is 16.3. The van der Waals surface area contributed by atoms with Crippen molar-refractivity contribution < 1.29 is 0 Å². The lowest BCUT2D eigenvalue weighted by molar-refractivity contribution is 1.31. The predicted molar refractivity (Wildman–Crippen MR) is 134 cm³/mol. The number of nitrogens with zero attached hydrogens (tertiary/aromatic N) is 2. The molecule has 0 radical (unpaired) electrons. The minimum Gasteiger partial charge on any atom is -0.355 e. The van der Waals surface area contributed by atoms with E-state index in [1.54, 1.807) is 0 Å². The number of H-pyrrole nitrogens is 2. The van der Waals surface area contributed by atoms with Crippen LogP contribution in [-0.2, 0) is 0 Å². The van der Waals surface area contributed by atoms with E-state index in [1.807, 2.05) is 85.0 Å². The van der Waals surface area contributed by atoms with Crippen LogP contribution in [0.5, 0.6) is 0 Å². The lowest BCUT2D eigenvalue weighted by atomic mass is 10.1. The zero-order valence-corrected chi connectivity index (χ0v) is 18.2. The summed E-state index contributed by atoms with van der Waals surface area (Å²) in [5, 5.41) is 1.19. The molecule has 0 aliphatic carbocycles. The van der Waals surface area contributed by atoms with E-state index in [9.17, 15) is 0 Å². The molecule has 0 atom stereocenters. The Hall–Kier alpha value is -3.60. The van der Waals surface area contributed by atoms with Gasteiger partial charge in [0, 0.05) is 43.2 Å². The second-order valence-electron chi connectivity index (χ2n) is 7.68. The molecular formula is C26H16Cl2N4. The molecule has 4 nitrogen and oxygen atoms in total. The number of hydrogen-bond acceptors (Lipinski definition) is 2. The number of halogens is 2. The molecule has 4 aromatic rings. The first kappa shape index (κ1) is 19.1. The molecule has 0 unspecified atom stereocenters. The van der Waals surface area contributed by atoms with E-state index in [1.165, 1.54) is 0 Å². The molecule has 0 fully saturated rings. The highest BCUT2D eigenvalue weighted by molar-refractivity contribution is 6.39. The first-order valence-corrected chi connectivity index (χ1v) is 10.9. The maximum Gasteiger partial charge on any atom is 0.0658 e. The quantitative estimate of drug-likeness (QED) is 0.268. The van der Waals surface area contributed by atoms with Crippen LogP contribution in [0.1, 0.15) is 22.8 Å². The Morgan fingerprint density at radius 1 is 0.562 bits per heavy atom. The molecule has 0 saturated carbocycles. The van der Waals surface area contributed by atoms with Gasteiger partial charge in [-0.25, -0.2) is 9.97 Å². The smallest absolute Gasteiger partial charge is 0.0658 e. The van der Waals surface area contributed by atoms with Gasteiger partial charge in [-0.15, -0.1) is 0 Å². The van der Waals surface area contributed by atoms with Crippen molar-refractivity contribution in [2.24, 2.45) is 0 Å². The Morgan fingerprint density at radius 2 is 1.09 bits per heavy atom. The van der Waals surface area contributed by atoms with Crippen molar-refractivity contribution in [2.75, 3.05) is 0 Å². The fourth-order valence-electron chi connectivity index (χ4n) is 3.98. The number of rotatable bonds is 1. The fraction of sp³-hybridized carbons (Fsp3) is 0. The summed E-state index contributed by atoms with van der Waals surface area (Å²) in [5.74, 6) is 0. The highest BCUT2D eigenvalue weighted by Gasteiger charge is 2.13. The van der Waals surface area contributed by atoms with Crippen molar-refractivity contribution in [3.63, 3.8) is 0 Å². The topological polar surface area (TPSA) is 57.4 Å². The molecule has 0 spiro atoms. The third-order valence-corrected chi connectivity index (χ3v) is 6.03. The standard InChI is InChI=1S/C26H16Cl2N4/c27-23-2-1-3-24(28)26(23)22-13-21-12-19-7-6-17(30-19)10-15-4-5-16(29-15)11-18-8-9-20(31-18)14-25(22)32-21/h1-14,29,32H. The number of nitrogens with one attached hydrogen (secondary N) is 2. The summed E-state index contributed by atoms with van der Waals surface area (Å²) in [5.41, 5.74) is 8.92. The Bertz CT molecular complexity index is 1590. The van der Waals surface area contributed by atoms with Crippen molar-refractivity contribution in [3.8, 4) is 11.1 Å². The molecule has 8 bridgehead atoms. The second kappa shape index (κ2) is 7.52. The van der Waals surface area contributed by atoms with Gasteiger partial charge >= 0.3 is 0 Å². The summed E-state index contributed by atoms with van der Waals surface area (Å²) in [6, 6.07) is 19.7. The molecule has 0 amide bonds. The van der Waals surface area contributed by atoms with E-state index in [0.717, 1.165) is 56.0 Å². The van der Waals surface area contributed by atoms with Crippen molar-refractivity contribution in [2.45, 2.75) is 0 Å². The van der Waals surface area contributed by atoms with Crippen LogP contribution in [0.15, 0.2) is 60.7 Å². The second-order valence-corrected chi connectivity index (χ2v) is 8.50. The van der Waals surface area contributed by atoms with E-state index in [0.29, 0.717) is 10.0 Å². The zero-order valence-electron chi connectivity index (χ0n) is 16.7. The van der Waals surface area contributed by atoms with E-state index in [2.05, 4.69) is 9.97 Å². The first-order chi connectivity index (χ1) is 15.6. The monoisotopic (exact) mass is 454 g/mol. The summed E-state index contributed by atoms with van der Waals surface area (Å²) >= 11 is 13.1. The SMILES string of the molecule is Clc1cccc(Cl)c1-c1cc2cc3nc(cc4ccc(cc5nc(cc1[nH]2)C=C5)[nH]4)C=C3. The van der Waals surface area contributed by atoms with E-state index in [4.69, 9.17) is 33.2 Å². The molecule has 6 rings (SSSR count). The van der Waals surface area contributed by atoms with Gasteiger partial charge in [-0.3, -0.25) is 0 Å². The summed E-state index contributed by atoms with van der Waals surface area (Å²) < 4.78 is 0. The zero-order chi connectivity index (χ0) is 21.7. The molecule has 2 aliphatic rings. The number of benzene rings is 1. The molecule has 32 heavy (non-hydrogen) atoms. The van der Waals surface area contributed by atoms with Crippen LogP contribution >= 0.6 is 23.2 Å². The number of fused-ring (bicyclic) bond motifs is 8. The minimum atomic E-state index is 0.596. The largest absolute Gasteiger partial charge is 0.355 e. The van der Waals surface area contributed by atoms with Crippen LogP contribution in [0.3, 0.4) is 0 Å². The van der Waals surface area contributed by atoms with Gasteiger partial charge in [0.1, 0.15) is 0 Å². The maximum absolute atomic E-state index is 6.54. The van der Waals surface area contributed by atoms with Crippen LogP contribution in [0.4, 0.5) is 0 Å². The van der Waals surface area contributed by atoms with Gasteiger partial charge in [-0.1, -0.05) is 29.3 Å². The molecule has 3 aromatic heterocycles. The third kappa shape index (κ3) is 3.54. The van der Waals surface area contributed by atoms with E-state index >= 15 is 0 Å². The van der Waals surface area contributed by atoms with Crippen molar-refractivity contribution in [1.82, 2.24) is 19.9 Å². The molecule has 5 heterocycles. The molecule has 6 heteroatoms. The summed E-state index contributed by atoms with van der Waals surface area (Å²) in [7, 11) is 0. The highest BCUT2D eigenvalue weighted by atomic mass is 35.5. The van der Waals surface area contributed by atoms with Crippen LogP contribution in [0.25, 0.3) is 57.5 Å². The lowest BCUT2D eigenvalue weighted by Gasteiger charge is -2.05. The van der Waals surface area contributed by atoms with Gasteiger partial charge in [0.2, 0.25) is 0 Å². The van der Waals surface area contributed by atoms with Gasteiger partial charge in [0.05, 0.1) is 22.8 Å². The highest BCUT2D eigenvalue weighted by Crippen LogP contribution is 2.38. The van der Waals surface area contributed by atoms with Gasteiger partial charge < -0.3 is 9.97 Å². The molecule has 0 saturated heterocycles. The van der Waals surface area contributed by atoms with Crippen LogP contribution in [0, 0.1) is 0 Å². The van der Waals surface area contributed by atoms with E-state index < -0.39 is 0 Å². The Morgan fingerprint density at radius 3 is 1.69 bits per heavy atom. The molecule has 2 aliphatic heterocycles. The predicted octanol–water partition coefficient (Wildman–Crippen LogP) is 7.63. The van der Waals surface area contributed by atoms with Crippen molar-refractivity contribution in [3.05, 3.63) is 93.5 Å². The van der Waals surface area contributed by atoms with Gasteiger partial charge in [-0.2, -0.15) is 0 Å². The molecule has 2 N–H and O–H groups in total. The van der Waals surface area contributed by atoms with Crippen LogP contribution < -0.4 is 0 Å². The van der Waals surface area contributed by atoms with Gasteiger partial charge in [0.25, 0.3) is 0 Å². The minimum absolute atomic E-state index is 0.596. The third-order valence-electron chi connectivity index (χ3n) is 5.40. The molecular weight excluding hydrogens is 439 g/mol. The first-order valence-electron chi connectivity index (χ1n) is 10.1. The Labute approximate surface area is 193 Å².